The maximum Gasteiger partial charge on any atom is 0.267 e. The summed E-state index contributed by atoms with van der Waals surface area (Å²) in [4.78, 5) is -1.29. The molecule has 0 radical (unpaired) electrons. The monoisotopic (exact) mass is 520 g/mol. The van der Waals surface area contributed by atoms with Crippen LogP contribution in [-0.2, 0) is 10.0 Å². The van der Waals surface area contributed by atoms with Gasteiger partial charge in [-0.2, -0.15) is 5.10 Å². The highest BCUT2D eigenvalue weighted by Gasteiger charge is 2.25. The molecule has 36 heavy (non-hydrogen) atoms. The molecule has 8 nitrogen and oxygen atoms in total. The third-order valence-corrected chi connectivity index (χ3v) is 6.79. The summed E-state index contributed by atoms with van der Waals surface area (Å²) in [6.45, 7) is 2.82. The summed E-state index contributed by atoms with van der Waals surface area (Å²) in [7, 11) is -4.68. The highest BCUT2D eigenvalue weighted by atomic mass is 32.2. The van der Waals surface area contributed by atoms with E-state index in [1.165, 1.54) is 18.2 Å². The molecule has 1 atom stereocenters. The number of hydrogen-bond donors (Lipinski definition) is 4. The molecule has 0 bridgehead atoms. The Kier molecular flexibility index (Phi) is 7.48. The number of aromatic nitrogens is 2. The lowest BCUT2D eigenvalue weighted by Crippen LogP contribution is -2.26. The molecular formula is C24H23F3N4O4S. The average Bonchev–Trinajstić information content (AvgIpc) is 3.17. The SMILES string of the molecule is Cc1[nH]nc2cc(OCCNCC(O)c3cccc(NS(=O)(=O)c4c(F)cc(F)cc4F)c3)ccc12. The van der Waals surface area contributed by atoms with Crippen LogP contribution in [0.1, 0.15) is 17.4 Å². The summed E-state index contributed by atoms with van der Waals surface area (Å²) in [5.41, 5.74) is 2.11. The van der Waals surface area contributed by atoms with E-state index in [1.807, 2.05) is 25.1 Å². The maximum absolute atomic E-state index is 13.9. The van der Waals surface area contributed by atoms with Gasteiger partial charge in [-0.15, -0.1) is 0 Å². The van der Waals surface area contributed by atoms with Crippen molar-refractivity contribution in [3.8, 4) is 5.75 Å². The van der Waals surface area contributed by atoms with Crippen LogP contribution >= 0.6 is 0 Å². The lowest BCUT2D eigenvalue weighted by atomic mass is 10.1. The van der Waals surface area contributed by atoms with Crippen LogP contribution in [0.2, 0.25) is 0 Å². The van der Waals surface area contributed by atoms with Crippen molar-refractivity contribution >= 4 is 26.6 Å². The number of aliphatic hydroxyl groups excluding tert-OH is 1. The van der Waals surface area contributed by atoms with Crippen molar-refractivity contribution in [1.82, 2.24) is 15.5 Å². The first-order valence-corrected chi connectivity index (χ1v) is 12.4. The number of fused-ring (bicyclic) bond motifs is 1. The summed E-state index contributed by atoms with van der Waals surface area (Å²) >= 11 is 0. The van der Waals surface area contributed by atoms with E-state index in [0.717, 1.165) is 16.6 Å². The number of aromatic amines is 1. The second-order valence-corrected chi connectivity index (χ2v) is 9.64. The molecule has 4 rings (SSSR count). The molecule has 0 fully saturated rings. The second kappa shape index (κ2) is 10.6. The highest BCUT2D eigenvalue weighted by molar-refractivity contribution is 7.92. The fourth-order valence-corrected chi connectivity index (χ4v) is 4.78. The van der Waals surface area contributed by atoms with Crippen LogP contribution in [0.4, 0.5) is 18.9 Å². The number of nitrogens with zero attached hydrogens (tertiary/aromatic N) is 1. The van der Waals surface area contributed by atoms with Gasteiger partial charge in [-0.3, -0.25) is 9.82 Å². The number of H-pyrrole nitrogens is 1. The first-order chi connectivity index (χ1) is 17.1. The van der Waals surface area contributed by atoms with Crippen molar-refractivity contribution in [3.63, 3.8) is 0 Å². The number of aliphatic hydroxyl groups is 1. The van der Waals surface area contributed by atoms with Crippen molar-refractivity contribution in [2.24, 2.45) is 0 Å². The van der Waals surface area contributed by atoms with Crippen LogP contribution in [0.5, 0.6) is 5.75 Å². The first kappa shape index (κ1) is 25.5. The van der Waals surface area contributed by atoms with Gasteiger partial charge in [-0.25, -0.2) is 21.6 Å². The summed E-state index contributed by atoms with van der Waals surface area (Å²) in [6, 6.07) is 11.9. The maximum atomic E-state index is 13.9. The molecule has 0 aliphatic rings. The number of hydrogen-bond acceptors (Lipinski definition) is 6. The largest absolute Gasteiger partial charge is 0.492 e. The third-order valence-electron chi connectivity index (χ3n) is 5.36. The molecule has 0 saturated carbocycles. The zero-order valence-corrected chi connectivity index (χ0v) is 19.9. The van der Waals surface area contributed by atoms with Crippen LogP contribution in [0.25, 0.3) is 10.9 Å². The zero-order valence-electron chi connectivity index (χ0n) is 19.1. The number of benzene rings is 3. The van der Waals surface area contributed by atoms with Gasteiger partial charge < -0.3 is 15.2 Å². The predicted molar refractivity (Wildman–Crippen MR) is 128 cm³/mol. The summed E-state index contributed by atoms with van der Waals surface area (Å²) in [5.74, 6) is -3.69. The minimum Gasteiger partial charge on any atom is -0.492 e. The number of halogens is 3. The van der Waals surface area contributed by atoms with E-state index >= 15 is 0 Å². The number of rotatable bonds is 10. The lowest BCUT2D eigenvalue weighted by Gasteiger charge is -2.15. The van der Waals surface area contributed by atoms with Gasteiger partial charge >= 0.3 is 0 Å². The van der Waals surface area contributed by atoms with Crippen LogP contribution in [0, 0.1) is 24.4 Å². The van der Waals surface area contributed by atoms with Crippen molar-refractivity contribution in [1.29, 1.82) is 0 Å². The van der Waals surface area contributed by atoms with Crippen molar-refractivity contribution in [2.75, 3.05) is 24.4 Å². The van der Waals surface area contributed by atoms with Crippen LogP contribution in [-0.4, -0.2) is 43.4 Å². The van der Waals surface area contributed by atoms with Crippen molar-refractivity contribution in [3.05, 3.63) is 83.3 Å². The standard InChI is InChI=1S/C24H23F3N4O4S/c1-14-19-6-5-18(12-22(19)30-29-14)35-8-7-28-13-23(32)15-3-2-4-17(9-15)31-36(33,34)24-20(26)10-16(25)11-21(24)27/h2-6,9-12,23,28,31-32H,7-8,13H2,1H3,(H,29,30). The van der Waals surface area contributed by atoms with Crippen LogP contribution < -0.4 is 14.8 Å². The quantitative estimate of drug-likeness (QED) is 0.237. The van der Waals surface area contributed by atoms with Gasteiger partial charge in [-0.05, 0) is 36.8 Å². The van der Waals surface area contributed by atoms with E-state index in [9.17, 15) is 26.7 Å². The van der Waals surface area contributed by atoms with E-state index in [0.29, 0.717) is 24.5 Å². The van der Waals surface area contributed by atoms with Gasteiger partial charge in [0.25, 0.3) is 10.0 Å². The average molecular weight is 521 g/mol. The molecule has 0 saturated heterocycles. The Morgan fingerprint density at radius 2 is 1.83 bits per heavy atom. The predicted octanol–water partition coefficient (Wildman–Crippen LogP) is 3.79. The van der Waals surface area contributed by atoms with E-state index in [2.05, 4.69) is 20.2 Å². The molecule has 3 aromatic carbocycles. The van der Waals surface area contributed by atoms with E-state index in [1.54, 1.807) is 6.07 Å². The van der Waals surface area contributed by atoms with Gasteiger partial charge in [0.05, 0.1) is 11.6 Å². The summed E-state index contributed by atoms with van der Waals surface area (Å²) in [5, 5.41) is 21.6. The van der Waals surface area contributed by atoms with E-state index < -0.39 is 38.5 Å². The number of aryl methyl sites for hydroxylation is 1. The first-order valence-electron chi connectivity index (χ1n) is 10.9. The van der Waals surface area contributed by atoms with Crippen molar-refractivity contribution in [2.45, 2.75) is 17.9 Å². The molecule has 12 heteroatoms. The molecule has 0 aliphatic heterocycles. The molecule has 0 amide bonds. The Hall–Kier alpha value is -3.61. The smallest absolute Gasteiger partial charge is 0.267 e. The third kappa shape index (κ3) is 5.78. The number of sulfonamides is 1. The second-order valence-electron chi connectivity index (χ2n) is 8.03. The zero-order chi connectivity index (χ0) is 25.9. The Balaban J connectivity index is 1.31. The highest BCUT2D eigenvalue weighted by Crippen LogP contribution is 2.25. The molecule has 0 aliphatic carbocycles. The molecule has 1 unspecified atom stereocenters. The van der Waals surface area contributed by atoms with Gasteiger partial charge in [0.2, 0.25) is 0 Å². The normalized spacial score (nSPS) is 12.6. The summed E-state index contributed by atoms with van der Waals surface area (Å²) in [6.07, 6.45) is -1.00. The molecular weight excluding hydrogens is 497 g/mol. The molecule has 4 N–H and O–H groups in total. The molecule has 1 aromatic heterocycles. The molecule has 1 heterocycles. The van der Waals surface area contributed by atoms with E-state index in [4.69, 9.17) is 4.74 Å². The molecule has 190 valence electrons. The Bertz CT molecular complexity index is 1470. The molecule has 0 spiro atoms. The van der Waals surface area contributed by atoms with Crippen molar-refractivity contribution < 1.29 is 31.4 Å². The number of nitrogens with one attached hydrogen (secondary N) is 3. The van der Waals surface area contributed by atoms with E-state index in [-0.39, 0.29) is 24.4 Å². The van der Waals surface area contributed by atoms with Gasteiger partial charge in [0.15, 0.2) is 4.90 Å². The number of anilines is 1. The van der Waals surface area contributed by atoms with Crippen LogP contribution in [0.15, 0.2) is 59.5 Å². The lowest BCUT2D eigenvalue weighted by molar-refractivity contribution is 0.172. The number of ether oxygens (including phenoxy) is 1. The van der Waals surface area contributed by atoms with Gasteiger partial charge in [0, 0.05) is 48.1 Å². The Labute approximate surface area is 205 Å². The minimum atomic E-state index is -4.68. The topological polar surface area (TPSA) is 116 Å². The minimum absolute atomic E-state index is 0.0259. The fraction of sp³-hybridized carbons (Fsp3) is 0.208. The van der Waals surface area contributed by atoms with Gasteiger partial charge in [0.1, 0.15) is 29.8 Å². The Morgan fingerprint density at radius 1 is 1.08 bits per heavy atom. The fourth-order valence-electron chi connectivity index (χ4n) is 3.61. The Morgan fingerprint density at radius 3 is 2.58 bits per heavy atom. The summed E-state index contributed by atoms with van der Waals surface area (Å²) < 4.78 is 73.7. The molecule has 4 aromatic rings. The van der Waals surface area contributed by atoms with Gasteiger partial charge in [-0.1, -0.05) is 12.1 Å². The van der Waals surface area contributed by atoms with Crippen LogP contribution in [0.3, 0.4) is 0 Å².